The van der Waals surface area contributed by atoms with E-state index in [-0.39, 0.29) is 35.1 Å². The van der Waals surface area contributed by atoms with Crippen molar-refractivity contribution in [2.45, 2.75) is 0 Å². The molecule has 0 heterocycles. The summed E-state index contributed by atoms with van der Waals surface area (Å²) >= 11 is 5.70. The van der Waals surface area contributed by atoms with E-state index < -0.39 is 16.8 Å². The number of nitriles is 1. The zero-order chi connectivity index (χ0) is 19.1. The Labute approximate surface area is 152 Å². The van der Waals surface area contributed by atoms with Gasteiger partial charge in [0.2, 0.25) is 0 Å². The Morgan fingerprint density at radius 1 is 1.31 bits per heavy atom. The summed E-state index contributed by atoms with van der Waals surface area (Å²) in [7, 11) is 0. The maximum absolute atomic E-state index is 13.4. The highest BCUT2D eigenvalue weighted by molar-refractivity contribution is 6.32. The monoisotopic (exact) mass is 377 g/mol. The molecule has 2 rings (SSSR count). The number of nitro benzene ring substituents is 1. The maximum atomic E-state index is 13.4. The van der Waals surface area contributed by atoms with Crippen LogP contribution in [0.4, 0.5) is 26.2 Å². The molecule has 3 N–H and O–H groups in total. The van der Waals surface area contributed by atoms with E-state index >= 15 is 0 Å². The number of hydrogen-bond acceptors (Lipinski definition) is 5. The molecule has 2 aromatic rings. The predicted octanol–water partition coefficient (Wildman–Crippen LogP) is 3.49. The van der Waals surface area contributed by atoms with Crippen molar-refractivity contribution in [1.29, 1.82) is 5.26 Å². The van der Waals surface area contributed by atoms with Crippen molar-refractivity contribution in [2.24, 2.45) is 0 Å². The summed E-state index contributed by atoms with van der Waals surface area (Å²) < 4.78 is 13.4. The van der Waals surface area contributed by atoms with E-state index in [9.17, 15) is 19.3 Å². The highest BCUT2D eigenvalue weighted by Gasteiger charge is 2.13. The van der Waals surface area contributed by atoms with Crippen molar-refractivity contribution < 1.29 is 14.1 Å². The summed E-state index contributed by atoms with van der Waals surface area (Å²) in [4.78, 5) is 22.0. The summed E-state index contributed by atoms with van der Waals surface area (Å²) in [5.41, 5.74) is 0.109. The lowest BCUT2D eigenvalue weighted by molar-refractivity contribution is -0.384. The van der Waals surface area contributed by atoms with Gasteiger partial charge < -0.3 is 16.0 Å². The number of hydrogen-bond donors (Lipinski definition) is 3. The Morgan fingerprint density at radius 3 is 2.77 bits per heavy atom. The molecule has 0 saturated carbocycles. The molecular weight excluding hydrogens is 365 g/mol. The molecule has 0 atom stereocenters. The third-order valence-electron chi connectivity index (χ3n) is 3.25. The van der Waals surface area contributed by atoms with Gasteiger partial charge in [-0.2, -0.15) is 5.26 Å². The van der Waals surface area contributed by atoms with Crippen LogP contribution in [0.15, 0.2) is 36.4 Å². The summed E-state index contributed by atoms with van der Waals surface area (Å²) in [5, 5.41) is 27.5. The van der Waals surface area contributed by atoms with Crippen LogP contribution in [-0.2, 0) is 0 Å². The van der Waals surface area contributed by atoms with Gasteiger partial charge in [-0.25, -0.2) is 9.18 Å². The van der Waals surface area contributed by atoms with Crippen LogP contribution < -0.4 is 16.0 Å². The zero-order valence-electron chi connectivity index (χ0n) is 13.3. The second-order valence-corrected chi connectivity index (χ2v) is 5.41. The lowest BCUT2D eigenvalue weighted by Crippen LogP contribution is -2.32. The number of nitrogens with zero attached hydrogens (tertiary/aromatic N) is 2. The highest BCUT2D eigenvalue weighted by atomic mass is 35.5. The fourth-order valence-corrected chi connectivity index (χ4v) is 2.25. The summed E-state index contributed by atoms with van der Waals surface area (Å²) in [6, 6.07) is 9.26. The minimum Gasteiger partial charge on any atom is -0.382 e. The number of carbonyl (C=O) groups is 1. The minimum atomic E-state index is -0.652. The lowest BCUT2D eigenvalue weighted by Gasteiger charge is -2.10. The van der Waals surface area contributed by atoms with Crippen LogP contribution in [0.2, 0.25) is 5.02 Å². The van der Waals surface area contributed by atoms with Crippen LogP contribution in [0.25, 0.3) is 0 Å². The van der Waals surface area contributed by atoms with E-state index in [1.165, 1.54) is 24.3 Å². The van der Waals surface area contributed by atoms with Gasteiger partial charge in [0.05, 0.1) is 10.6 Å². The number of amides is 2. The fourth-order valence-electron chi connectivity index (χ4n) is 2.06. The number of anilines is 2. The van der Waals surface area contributed by atoms with Crippen LogP contribution in [0.1, 0.15) is 5.56 Å². The average molecular weight is 378 g/mol. The Morgan fingerprint density at radius 2 is 2.08 bits per heavy atom. The van der Waals surface area contributed by atoms with Gasteiger partial charge in [-0.3, -0.25) is 10.1 Å². The van der Waals surface area contributed by atoms with Gasteiger partial charge in [0, 0.05) is 24.8 Å². The van der Waals surface area contributed by atoms with E-state index in [0.29, 0.717) is 5.69 Å². The van der Waals surface area contributed by atoms with Crippen LogP contribution >= 0.6 is 11.6 Å². The zero-order valence-corrected chi connectivity index (χ0v) is 14.0. The maximum Gasteiger partial charge on any atom is 0.319 e. The van der Waals surface area contributed by atoms with Crippen molar-refractivity contribution in [3.05, 3.63) is 62.9 Å². The van der Waals surface area contributed by atoms with Crippen LogP contribution in [0, 0.1) is 27.3 Å². The second-order valence-electron chi connectivity index (χ2n) is 5.01. The van der Waals surface area contributed by atoms with Gasteiger partial charge in [0.25, 0.3) is 5.69 Å². The normalized spacial score (nSPS) is 9.88. The average Bonchev–Trinajstić information content (AvgIpc) is 2.60. The number of benzene rings is 2. The van der Waals surface area contributed by atoms with Gasteiger partial charge in [-0.15, -0.1) is 0 Å². The first-order chi connectivity index (χ1) is 12.4. The van der Waals surface area contributed by atoms with Crippen molar-refractivity contribution in [3.8, 4) is 6.07 Å². The molecule has 0 bridgehead atoms. The number of urea groups is 1. The van der Waals surface area contributed by atoms with Crippen LogP contribution in [-0.4, -0.2) is 24.0 Å². The molecule has 134 valence electrons. The SMILES string of the molecule is N#Cc1c(F)cccc1NCCNC(=O)Nc1ccc(Cl)c([N+](=O)[O-])c1. The smallest absolute Gasteiger partial charge is 0.319 e. The molecule has 0 saturated heterocycles. The summed E-state index contributed by atoms with van der Waals surface area (Å²) in [5.74, 6) is -0.632. The molecule has 8 nitrogen and oxygen atoms in total. The molecule has 0 unspecified atom stereocenters. The molecule has 0 fully saturated rings. The van der Waals surface area contributed by atoms with Gasteiger partial charge in [-0.05, 0) is 24.3 Å². The molecule has 26 heavy (non-hydrogen) atoms. The third-order valence-corrected chi connectivity index (χ3v) is 3.57. The standard InChI is InChI=1S/C16H13ClFN5O3/c17-12-5-4-10(8-15(12)23(25)26)22-16(24)21-7-6-20-14-3-1-2-13(18)11(14)9-19/h1-5,8,20H,6-7H2,(H2,21,22,24). The molecule has 0 spiro atoms. The number of carbonyl (C=O) groups excluding carboxylic acids is 1. The van der Waals surface area contributed by atoms with Crippen molar-refractivity contribution >= 4 is 34.7 Å². The summed E-state index contributed by atoms with van der Waals surface area (Å²) in [6.45, 7) is 0.412. The fraction of sp³-hybridized carbons (Fsp3) is 0.125. The van der Waals surface area contributed by atoms with Gasteiger partial charge in [0.1, 0.15) is 22.5 Å². The Hall–Kier alpha value is -3.38. The van der Waals surface area contributed by atoms with E-state index in [0.717, 1.165) is 6.07 Å². The number of rotatable bonds is 6. The van der Waals surface area contributed by atoms with E-state index in [4.69, 9.17) is 16.9 Å². The molecule has 0 aliphatic carbocycles. The molecule has 2 amide bonds. The summed E-state index contributed by atoms with van der Waals surface area (Å²) in [6.07, 6.45) is 0. The van der Waals surface area contributed by atoms with Gasteiger partial charge >= 0.3 is 6.03 Å². The first-order valence-corrected chi connectivity index (χ1v) is 7.71. The topological polar surface area (TPSA) is 120 Å². The number of halogens is 2. The van der Waals surface area contributed by atoms with Crippen molar-refractivity contribution in [1.82, 2.24) is 5.32 Å². The first kappa shape index (κ1) is 19.0. The Balaban J connectivity index is 1.85. The van der Waals surface area contributed by atoms with Gasteiger partial charge in [-0.1, -0.05) is 17.7 Å². The van der Waals surface area contributed by atoms with Crippen molar-refractivity contribution in [3.63, 3.8) is 0 Å². The van der Waals surface area contributed by atoms with E-state index in [2.05, 4.69) is 16.0 Å². The second kappa shape index (κ2) is 8.64. The Kier molecular flexibility index (Phi) is 6.30. The highest BCUT2D eigenvalue weighted by Crippen LogP contribution is 2.27. The lowest BCUT2D eigenvalue weighted by atomic mass is 10.2. The Bertz CT molecular complexity index is 885. The molecule has 0 aliphatic rings. The minimum absolute atomic E-state index is 0.0338. The van der Waals surface area contributed by atoms with E-state index in [1.807, 2.05) is 0 Å². The largest absolute Gasteiger partial charge is 0.382 e. The molecule has 2 aromatic carbocycles. The first-order valence-electron chi connectivity index (χ1n) is 7.33. The molecule has 0 aliphatic heterocycles. The molecule has 0 aromatic heterocycles. The predicted molar refractivity (Wildman–Crippen MR) is 94.7 cm³/mol. The number of nitro groups is 1. The van der Waals surface area contributed by atoms with Gasteiger partial charge in [0.15, 0.2) is 0 Å². The van der Waals surface area contributed by atoms with E-state index in [1.54, 1.807) is 12.1 Å². The quantitative estimate of drug-likeness (QED) is 0.404. The third kappa shape index (κ3) is 4.81. The van der Waals surface area contributed by atoms with Crippen LogP contribution in [0.3, 0.4) is 0 Å². The number of nitrogens with one attached hydrogen (secondary N) is 3. The molecule has 10 heteroatoms. The molecular formula is C16H13ClFN5O3. The molecule has 0 radical (unpaired) electrons. The van der Waals surface area contributed by atoms with Crippen molar-refractivity contribution in [2.75, 3.05) is 23.7 Å². The van der Waals surface area contributed by atoms with Crippen LogP contribution in [0.5, 0.6) is 0 Å².